The van der Waals surface area contributed by atoms with Gasteiger partial charge in [0.2, 0.25) is 0 Å². The fourth-order valence-corrected chi connectivity index (χ4v) is 1.42. The van der Waals surface area contributed by atoms with Crippen LogP contribution in [0.3, 0.4) is 0 Å². The van der Waals surface area contributed by atoms with Crippen LogP contribution < -0.4 is 5.73 Å². The monoisotopic (exact) mass is 156 g/mol. The summed E-state index contributed by atoms with van der Waals surface area (Å²) in [6, 6.07) is 0. The largest absolute Gasteiger partial charge is 0.375 e. The lowest BCUT2D eigenvalue weighted by Gasteiger charge is -2.01. The highest BCUT2D eigenvalue weighted by Crippen LogP contribution is 2.21. The predicted octanol–water partition coefficient (Wildman–Crippen LogP) is 2.24. The summed E-state index contributed by atoms with van der Waals surface area (Å²) in [6.07, 6.45) is 1.13. The van der Waals surface area contributed by atoms with Gasteiger partial charge in [0, 0.05) is 5.38 Å². The molecule has 56 valence electrons. The maximum atomic E-state index is 5.48. The molecule has 0 aliphatic heterocycles. The molecule has 0 amide bonds. The molecule has 2 N–H and O–H groups in total. The number of thiazole rings is 1. The van der Waals surface area contributed by atoms with Crippen LogP contribution in [0.15, 0.2) is 5.38 Å². The molecule has 3 heteroatoms. The molecule has 0 radical (unpaired) electrons. The van der Waals surface area contributed by atoms with Crippen molar-refractivity contribution >= 4 is 16.5 Å². The first-order valence-corrected chi connectivity index (χ1v) is 4.33. The summed E-state index contributed by atoms with van der Waals surface area (Å²) in [4.78, 5) is 4.18. The van der Waals surface area contributed by atoms with Crippen molar-refractivity contribution in [3.8, 4) is 0 Å². The fraction of sp³-hybridized carbons (Fsp3) is 0.571. The van der Waals surface area contributed by atoms with Crippen LogP contribution in [0.25, 0.3) is 0 Å². The molecule has 1 aromatic rings. The third-order valence-corrected chi connectivity index (χ3v) is 2.35. The highest BCUT2D eigenvalue weighted by molar-refractivity contribution is 7.13. The average Bonchev–Trinajstić information content (AvgIpc) is 2.34. The van der Waals surface area contributed by atoms with Gasteiger partial charge in [0.25, 0.3) is 0 Å². The zero-order valence-electron chi connectivity index (χ0n) is 6.29. The van der Waals surface area contributed by atoms with Crippen LogP contribution in [0.2, 0.25) is 0 Å². The number of anilines is 1. The number of hydrogen-bond acceptors (Lipinski definition) is 3. The van der Waals surface area contributed by atoms with Gasteiger partial charge in [-0.3, -0.25) is 0 Å². The van der Waals surface area contributed by atoms with Crippen molar-refractivity contribution in [1.82, 2.24) is 4.98 Å². The summed E-state index contributed by atoms with van der Waals surface area (Å²) in [7, 11) is 0. The van der Waals surface area contributed by atoms with Crippen molar-refractivity contribution in [2.75, 3.05) is 5.73 Å². The minimum Gasteiger partial charge on any atom is -0.375 e. The second-order valence-corrected chi connectivity index (χ2v) is 3.31. The van der Waals surface area contributed by atoms with Gasteiger partial charge in [-0.2, -0.15) is 0 Å². The molecule has 0 aliphatic carbocycles. The Morgan fingerprint density at radius 2 is 2.50 bits per heavy atom. The first kappa shape index (κ1) is 7.54. The Morgan fingerprint density at radius 1 is 1.80 bits per heavy atom. The van der Waals surface area contributed by atoms with Crippen LogP contribution in [-0.4, -0.2) is 4.98 Å². The highest BCUT2D eigenvalue weighted by atomic mass is 32.1. The number of hydrogen-bond donors (Lipinski definition) is 1. The van der Waals surface area contributed by atoms with Crippen LogP contribution >= 0.6 is 11.3 Å². The van der Waals surface area contributed by atoms with Gasteiger partial charge in [-0.15, -0.1) is 11.3 Å². The molecule has 0 saturated heterocycles. The standard InChI is InChI=1S/C7H12N2S/c1-3-5(2)6-4-10-7(8)9-6/h4-5H,3H2,1-2H3,(H2,8,9)/t5-/m0/s1. The molecule has 0 saturated carbocycles. The van der Waals surface area contributed by atoms with Crippen molar-refractivity contribution in [1.29, 1.82) is 0 Å². The van der Waals surface area contributed by atoms with E-state index in [4.69, 9.17) is 5.73 Å². The second kappa shape index (κ2) is 3.01. The molecule has 0 spiro atoms. The van der Waals surface area contributed by atoms with Crippen LogP contribution in [-0.2, 0) is 0 Å². The Bertz CT molecular complexity index is 207. The van der Waals surface area contributed by atoms with E-state index in [1.54, 1.807) is 0 Å². The Morgan fingerprint density at radius 3 is 2.90 bits per heavy atom. The molecule has 0 unspecified atom stereocenters. The number of nitrogens with two attached hydrogens (primary N) is 1. The van der Waals surface area contributed by atoms with E-state index in [-0.39, 0.29) is 0 Å². The summed E-state index contributed by atoms with van der Waals surface area (Å²) in [6.45, 7) is 4.31. The van der Waals surface area contributed by atoms with Gasteiger partial charge in [0.05, 0.1) is 5.69 Å². The predicted molar refractivity (Wildman–Crippen MR) is 45.2 cm³/mol. The van der Waals surface area contributed by atoms with Crippen LogP contribution in [0.1, 0.15) is 31.9 Å². The average molecular weight is 156 g/mol. The van der Waals surface area contributed by atoms with Gasteiger partial charge in [-0.25, -0.2) is 4.98 Å². The third kappa shape index (κ3) is 1.48. The van der Waals surface area contributed by atoms with E-state index in [1.807, 2.05) is 5.38 Å². The molecule has 1 atom stereocenters. The number of nitrogens with zero attached hydrogens (tertiary/aromatic N) is 1. The Kier molecular flexibility index (Phi) is 2.27. The SMILES string of the molecule is CC[C@H](C)c1csc(N)n1. The van der Waals surface area contributed by atoms with E-state index in [1.165, 1.54) is 11.3 Å². The molecule has 1 heterocycles. The van der Waals surface area contributed by atoms with E-state index in [0.717, 1.165) is 12.1 Å². The zero-order chi connectivity index (χ0) is 7.56. The van der Waals surface area contributed by atoms with E-state index < -0.39 is 0 Å². The highest BCUT2D eigenvalue weighted by Gasteiger charge is 2.05. The molecular formula is C7H12N2S. The van der Waals surface area contributed by atoms with Crippen molar-refractivity contribution in [3.05, 3.63) is 11.1 Å². The zero-order valence-corrected chi connectivity index (χ0v) is 7.11. The Balaban J connectivity index is 2.74. The third-order valence-electron chi connectivity index (χ3n) is 1.66. The van der Waals surface area contributed by atoms with Crippen LogP contribution in [0, 0.1) is 0 Å². The molecule has 1 aromatic heterocycles. The second-order valence-electron chi connectivity index (χ2n) is 2.42. The molecule has 0 aliphatic rings. The first-order chi connectivity index (χ1) is 4.74. The summed E-state index contributed by atoms with van der Waals surface area (Å²) < 4.78 is 0. The van der Waals surface area contributed by atoms with Crippen molar-refractivity contribution < 1.29 is 0 Å². The summed E-state index contributed by atoms with van der Waals surface area (Å²) in [5.41, 5.74) is 6.61. The van der Waals surface area contributed by atoms with Gasteiger partial charge >= 0.3 is 0 Å². The van der Waals surface area contributed by atoms with Crippen molar-refractivity contribution in [2.24, 2.45) is 0 Å². The van der Waals surface area contributed by atoms with E-state index in [2.05, 4.69) is 18.8 Å². The maximum Gasteiger partial charge on any atom is 0.180 e. The van der Waals surface area contributed by atoms with Crippen LogP contribution in [0.4, 0.5) is 5.13 Å². The lowest BCUT2D eigenvalue weighted by Crippen LogP contribution is -1.91. The fourth-order valence-electron chi connectivity index (χ4n) is 0.736. The van der Waals surface area contributed by atoms with E-state index in [0.29, 0.717) is 11.0 Å². The van der Waals surface area contributed by atoms with E-state index in [9.17, 15) is 0 Å². The maximum absolute atomic E-state index is 5.48. The minimum absolute atomic E-state index is 0.550. The Labute approximate surface area is 65.1 Å². The number of rotatable bonds is 2. The topological polar surface area (TPSA) is 38.9 Å². The van der Waals surface area contributed by atoms with E-state index >= 15 is 0 Å². The Hall–Kier alpha value is -0.570. The number of aromatic nitrogens is 1. The summed E-state index contributed by atoms with van der Waals surface area (Å²) in [5.74, 6) is 0.550. The van der Waals surface area contributed by atoms with Gasteiger partial charge in [-0.1, -0.05) is 13.8 Å². The molecule has 0 bridgehead atoms. The number of nitrogen functional groups attached to an aromatic ring is 1. The van der Waals surface area contributed by atoms with Crippen LogP contribution in [0.5, 0.6) is 0 Å². The lowest BCUT2D eigenvalue weighted by atomic mass is 10.1. The normalized spacial score (nSPS) is 13.4. The molecule has 0 aromatic carbocycles. The molecule has 0 fully saturated rings. The lowest BCUT2D eigenvalue weighted by molar-refractivity contribution is 0.714. The van der Waals surface area contributed by atoms with Gasteiger partial charge in [-0.05, 0) is 12.3 Å². The molecule has 2 nitrogen and oxygen atoms in total. The van der Waals surface area contributed by atoms with Crippen molar-refractivity contribution in [2.45, 2.75) is 26.2 Å². The summed E-state index contributed by atoms with van der Waals surface area (Å²) in [5, 5.41) is 2.71. The first-order valence-electron chi connectivity index (χ1n) is 3.45. The molecule has 1 rings (SSSR count). The van der Waals surface area contributed by atoms with Crippen molar-refractivity contribution in [3.63, 3.8) is 0 Å². The van der Waals surface area contributed by atoms with Gasteiger partial charge in [0.1, 0.15) is 0 Å². The van der Waals surface area contributed by atoms with Gasteiger partial charge < -0.3 is 5.73 Å². The smallest absolute Gasteiger partial charge is 0.180 e. The quantitative estimate of drug-likeness (QED) is 0.713. The molecule has 10 heavy (non-hydrogen) atoms. The minimum atomic E-state index is 0.550. The summed E-state index contributed by atoms with van der Waals surface area (Å²) >= 11 is 1.51. The molecular weight excluding hydrogens is 144 g/mol. The van der Waals surface area contributed by atoms with Gasteiger partial charge in [0.15, 0.2) is 5.13 Å².